The average Bonchev–Trinajstić information content (AvgIpc) is 2.33. The summed E-state index contributed by atoms with van der Waals surface area (Å²) in [6.45, 7) is 1.87. The van der Waals surface area contributed by atoms with Crippen molar-refractivity contribution in [2.75, 3.05) is 0 Å². The highest BCUT2D eigenvalue weighted by atomic mass is 79.9. The first-order chi connectivity index (χ1) is 8.97. The Morgan fingerprint density at radius 1 is 1.47 bits per heavy atom. The first-order valence-electron chi connectivity index (χ1n) is 5.08. The van der Waals surface area contributed by atoms with Crippen LogP contribution >= 0.6 is 27.5 Å². The van der Waals surface area contributed by atoms with E-state index in [1.54, 1.807) is 18.2 Å². The van der Waals surface area contributed by atoms with Gasteiger partial charge in [-0.1, -0.05) is 15.9 Å². The minimum Gasteiger partial charge on any atom is -0.434 e. The molecule has 8 heteroatoms. The number of aryl methyl sites for hydroxylation is 1. The van der Waals surface area contributed by atoms with Gasteiger partial charge in [0.2, 0.25) is 5.28 Å². The monoisotopic (exact) mass is 343 g/mol. The second-order valence-corrected chi connectivity index (χ2v) is 4.79. The zero-order valence-corrected chi connectivity index (χ0v) is 12.0. The van der Waals surface area contributed by atoms with Crippen molar-refractivity contribution in [1.29, 1.82) is 0 Å². The second-order valence-electron chi connectivity index (χ2n) is 3.60. The number of hydrogen-bond acceptors (Lipinski definition) is 5. The van der Waals surface area contributed by atoms with E-state index in [1.807, 2.05) is 6.92 Å². The van der Waals surface area contributed by atoms with Gasteiger partial charge in [0.1, 0.15) is 11.9 Å². The molecular formula is C11H7BrClN3O3. The van der Waals surface area contributed by atoms with Crippen LogP contribution in [0.4, 0.5) is 5.69 Å². The summed E-state index contributed by atoms with van der Waals surface area (Å²) in [5.41, 5.74) is 0.588. The third kappa shape index (κ3) is 3.18. The number of nitro groups is 1. The minimum absolute atomic E-state index is 0.116. The number of halogens is 2. The summed E-state index contributed by atoms with van der Waals surface area (Å²) >= 11 is 8.97. The van der Waals surface area contributed by atoms with Gasteiger partial charge >= 0.3 is 11.6 Å². The summed E-state index contributed by atoms with van der Waals surface area (Å²) in [5.74, 6) is 0.241. The Kier molecular flexibility index (Phi) is 3.96. The lowest BCUT2D eigenvalue weighted by Gasteiger charge is -2.06. The van der Waals surface area contributed by atoms with Gasteiger partial charge in [-0.15, -0.1) is 0 Å². The summed E-state index contributed by atoms with van der Waals surface area (Å²) in [6, 6.07) is 5.17. The molecule has 98 valence electrons. The Morgan fingerprint density at radius 2 is 2.21 bits per heavy atom. The van der Waals surface area contributed by atoms with Crippen LogP contribution < -0.4 is 4.74 Å². The SMILES string of the molecule is Cc1cc(Oc2nc(Cl)ncc2[N+](=O)[O-])ccc1Br. The Morgan fingerprint density at radius 3 is 2.84 bits per heavy atom. The van der Waals surface area contributed by atoms with Crippen LogP contribution in [0.5, 0.6) is 11.6 Å². The van der Waals surface area contributed by atoms with Crippen LogP contribution in [-0.2, 0) is 0 Å². The molecule has 0 bridgehead atoms. The summed E-state index contributed by atoms with van der Waals surface area (Å²) in [7, 11) is 0. The number of rotatable bonds is 3. The van der Waals surface area contributed by atoms with Gasteiger partial charge < -0.3 is 4.74 Å². The van der Waals surface area contributed by atoms with Crippen LogP contribution in [0.25, 0.3) is 0 Å². The summed E-state index contributed by atoms with van der Waals surface area (Å²) in [6.07, 6.45) is 1.01. The summed E-state index contributed by atoms with van der Waals surface area (Å²) < 4.78 is 6.30. The molecule has 0 atom stereocenters. The zero-order chi connectivity index (χ0) is 14.0. The van der Waals surface area contributed by atoms with Crippen LogP contribution in [0.15, 0.2) is 28.9 Å². The molecule has 19 heavy (non-hydrogen) atoms. The smallest absolute Gasteiger partial charge is 0.349 e. The fourth-order valence-corrected chi connectivity index (χ4v) is 1.70. The number of hydrogen-bond donors (Lipinski definition) is 0. The van der Waals surface area contributed by atoms with Gasteiger partial charge in [0.15, 0.2) is 0 Å². The maximum absolute atomic E-state index is 10.8. The standard InChI is InChI=1S/C11H7BrClN3O3/c1-6-4-7(2-3-8(6)12)19-10-9(16(17)18)5-14-11(13)15-10/h2-5H,1H3. The molecule has 0 fully saturated rings. The van der Waals surface area contributed by atoms with E-state index in [9.17, 15) is 10.1 Å². The van der Waals surface area contributed by atoms with Crippen LogP contribution in [0.2, 0.25) is 5.28 Å². The first kappa shape index (κ1) is 13.7. The minimum atomic E-state index is -0.628. The third-order valence-corrected chi connectivity index (χ3v) is 3.32. The van der Waals surface area contributed by atoms with E-state index in [0.29, 0.717) is 5.75 Å². The molecule has 0 aliphatic rings. The summed E-state index contributed by atoms with van der Waals surface area (Å²) in [5, 5.41) is 10.7. The lowest BCUT2D eigenvalue weighted by atomic mass is 10.2. The van der Waals surface area contributed by atoms with Crippen molar-refractivity contribution in [1.82, 2.24) is 9.97 Å². The molecule has 1 aromatic carbocycles. The Bertz CT molecular complexity index is 651. The number of aromatic nitrogens is 2. The van der Waals surface area contributed by atoms with Crippen molar-refractivity contribution in [3.8, 4) is 11.6 Å². The maximum atomic E-state index is 10.8. The molecule has 0 spiro atoms. The van der Waals surface area contributed by atoms with Crippen LogP contribution in [-0.4, -0.2) is 14.9 Å². The van der Waals surface area contributed by atoms with Gasteiger partial charge in [0.05, 0.1) is 4.92 Å². The van der Waals surface area contributed by atoms with E-state index in [2.05, 4.69) is 25.9 Å². The zero-order valence-electron chi connectivity index (χ0n) is 9.63. The van der Waals surface area contributed by atoms with E-state index in [0.717, 1.165) is 16.2 Å². The molecule has 2 aromatic rings. The molecule has 0 saturated carbocycles. The van der Waals surface area contributed by atoms with Gasteiger partial charge in [0.25, 0.3) is 0 Å². The van der Waals surface area contributed by atoms with Gasteiger partial charge in [0, 0.05) is 4.47 Å². The van der Waals surface area contributed by atoms with Crippen molar-refractivity contribution < 1.29 is 9.66 Å². The quantitative estimate of drug-likeness (QED) is 0.479. The number of benzene rings is 1. The lowest BCUT2D eigenvalue weighted by molar-refractivity contribution is -0.386. The Labute approximate surface area is 121 Å². The molecule has 0 N–H and O–H groups in total. The Balaban J connectivity index is 2.39. The van der Waals surface area contributed by atoms with Crippen molar-refractivity contribution in [3.05, 3.63) is 49.8 Å². The van der Waals surface area contributed by atoms with E-state index >= 15 is 0 Å². The average molecular weight is 345 g/mol. The molecule has 6 nitrogen and oxygen atoms in total. The molecule has 0 aliphatic heterocycles. The van der Waals surface area contributed by atoms with Crippen molar-refractivity contribution in [3.63, 3.8) is 0 Å². The van der Waals surface area contributed by atoms with E-state index in [1.165, 1.54) is 0 Å². The predicted molar refractivity (Wildman–Crippen MR) is 72.6 cm³/mol. The fourth-order valence-electron chi connectivity index (χ4n) is 1.33. The molecule has 1 aromatic heterocycles. The van der Waals surface area contributed by atoms with Crippen molar-refractivity contribution >= 4 is 33.2 Å². The maximum Gasteiger partial charge on any atom is 0.349 e. The molecule has 0 amide bonds. The van der Waals surface area contributed by atoms with Crippen molar-refractivity contribution in [2.24, 2.45) is 0 Å². The van der Waals surface area contributed by atoms with E-state index < -0.39 is 4.92 Å². The summed E-state index contributed by atoms with van der Waals surface area (Å²) in [4.78, 5) is 17.5. The molecule has 2 rings (SSSR count). The number of nitrogens with zero attached hydrogens (tertiary/aromatic N) is 3. The first-order valence-corrected chi connectivity index (χ1v) is 6.25. The highest BCUT2D eigenvalue weighted by Gasteiger charge is 2.19. The Hall–Kier alpha value is -1.73. The number of ether oxygens (including phenoxy) is 1. The van der Waals surface area contributed by atoms with Crippen LogP contribution in [0.3, 0.4) is 0 Å². The molecule has 0 unspecified atom stereocenters. The molecule has 0 radical (unpaired) electrons. The van der Waals surface area contributed by atoms with Gasteiger partial charge in [-0.2, -0.15) is 4.98 Å². The molecule has 0 saturated heterocycles. The van der Waals surface area contributed by atoms with Gasteiger partial charge in [-0.3, -0.25) is 10.1 Å². The van der Waals surface area contributed by atoms with Crippen LogP contribution in [0.1, 0.15) is 5.56 Å². The lowest BCUT2D eigenvalue weighted by Crippen LogP contribution is -1.98. The van der Waals surface area contributed by atoms with Crippen molar-refractivity contribution in [2.45, 2.75) is 6.92 Å². The fraction of sp³-hybridized carbons (Fsp3) is 0.0909. The predicted octanol–water partition coefficient (Wildman–Crippen LogP) is 3.90. The van der Waals surface area contributed by atoms with Crippen LogP contribution in [0, 0.1) is 17.0 Å². The highest BCUT2D eigenvalue weighted by molar-refractivity contribution is 9.10. The largest absolute Gasteiger partial charge is 0.434 e. The van der Waals surface area contributed by atoms with E-state index in [4.69, 9.17) is 16.3 Å². The normalized spacial score (nSPS) is 10.3. The molecular weight excluding hydrogens is 337 g/mol. The third-order valence-electron chi connectivity index (χ3n) is 2.25. The molecule has 0 aliphatic carbocycles. The molecule has 1 heterocycles. The topological polar surface area (TPSA) is 78.2 Å². The van der Waals surface area contributed by atoms with E-state index in [-0.39, 0.29) is 16.9 Å². The highest BCUT2D eigenvalue weighted by Crippen LogP contribution is 2.31. The van der Waals surface area contributed by atoms with Gasteiger partial charge in [-0.05, 0) is 42.3 Å². The second kappa shape index (κ2) is 5.50. The van der Waals surface area contributed by atoms with Gasteiger partial charge in [-0.25, -0.2) is 4.98 Å².